The molecular formula is C14H14N2OS2. The van der Waals surface area contributed by atoms with Gasteiger partial charge in [0.05, 0.1) is 5.52 Å². The summed E-state index contributed by atoms with van der Waals surface area (Å²) in [6.07, 6.45) is 2.01. The Morgan fingerprint density at radius 3 is 2.95 bits per heavy atom. The predicted molar refractivity (Wildman–Crippen MR) is 83.7 cm³/mol. The fraction of sp³-hybridized carbons (Fsp3) is 0.286. The number of H-pyrrole nitrogens is 1. The number of fused-ring (bicyclic) bond motifs is 3. The summed E-state index contributed by atoms with van der Waals surface area (Å²) in [6, 6.07) is 8.03. The Kier molecular flexibility index (Phi) is 3.24. The van der Waals surface area contributed by atoms with Crippen molar-refractivity contribution in [3.63, 3.8) is 0 Å². The van der Waals surface area contributed by atoms with Crippen LogP contribution in [0.2, 0.25) is 0 Å². The average Bonchev–Trinajstić information content (AvgIpc) is 2.78. The number of hydrogen-bond acceptors (Lipinski definition) is 3. The molecule has 0 amide bonds. The molecule has 1 aromatic carbocycles. The molecule has 2 aromatic heterocycles. The van der Waals surface area contributed by atoms with Gasteiger partial charge in [0.15, 0.2) is 4.77 Å². The number of hydrogen-bond donors (Lipinski definition) is 1. The smallest absolute Gasteiger partial charge is 0.272 e. The first-order chi connectivity index (χ1) is 9.22. The van der Waals surface area contributed by atoms with E-state index in [1.807, 2.05) is 24.3 Å². The Hall–Kier alpha value is -1.46. The highest BCUT2D eigenvalue weighted by atomic mass is 32.1. The second kappa shape index (κ2) is 4.90. The van der Waals surface area contributed by atoms with Gasteiger partial charge in [-0.3, -0.25) is 9.36 Å². The Labute approximate surface area is 119 Å². The molecule has 3 aromatic rings. The number of nitrogens with one attached hydrogen (secondary N) is 1. The van der Waals surface area contributed by atoms with Crippen LogP contribution in [0.3, 0.4) is 0 Å². The van der Waals surface area contributed by atoms with Crippen LogP contribution in [-0.2, 0) is 6.54 Å². The van der Waals surface area contributed by atoms with Gasteiger partial charge in [0, 0.05) is 16.6 Å². The van der Waals surface area contributed by atoms with Crippen molar-refractivity contribution in [1.29, 1.82) is 0 Å². The average molecular weight is 290 g/mol. The van der Waals surface area contributed by atoms with Crippen molar-refractivity contribution in [3.8, 4) is 0 Å². The van der Waals surface area contributed by atoms with E-state index in [4.69, 9.17) is 12.2 Å². The molecule has 0 saturated carbocycles. The molecule has 0 spiro atoms. The second-order valence-electron chi connectivity index (χ2n) is 4.54. The van der Waals surface area contributed by atoms with Crippen molar-refractivity contribution in [3.05, 3.63) is 39.4 Å². The molecule has 0 atom stereocenters. The lowest BCUT2D eigenvalue weighted by molar-refractivity contribution is 0.602. The molecule has 0 unspecified atom stereocenters. The first-order valence-corrected chi connectivity index (χ1v) is 7.59. The van der Waals surface area contributed by atoms with Gasteiger partial charge in [0.2, 0.25) is 0 Å². The summed E-state index contributed by atoms with van der Waals surface area (Å²) in [4.78, 5) is 15.7. The largest absolute Gasteiger partial charge is 0.330 e. The van der Waals surface area contributed by atoms with Crippen LogP contribution in [0.5, 0.6) is 0 Å². The summed E-state index contributed by atoms with van der Waals surface area (Å²) in [6.45, 7) is 2.80. The summed E-state index contributed by atoms with van der Waals surface area (Å²) in [5.74, 6) is 0. The monoisotopic (exact) mass is 290 g/mol. The van der Waals surface area contributed by atoms with Crippen molar-refractivity contribution >= 4 is 43.9 Å². The maximum Gasteiger partial charge on any atom is 0.272 e. The summed E-state index contributed by atoms with van der Waals surface area (Å²) >= 11 is 6.86. The van der Waals surface area contributed by atoms with Gasteiger partial charge in [0.1, 0.15) is 4.70 Å². The van der Waals surface area contributed by atoms with Crippen LogP contribution in [0.25, 0.3) is 20.3 Å². The standard InChI is InChI=1S/C14H14N2OS2/c1-2-3-8-16-13(17)12-11(15-14(16)18)9-6-4-5-7-10(9)19-12/h4-7H,2-3,8H2,1H3,(H,15,18). The Balaban J connectivity index is 2.36. The van der Waals surface area contributed by atoms with Crippen LogP contribution in [0.1, 0.15) is 19.8 Å². The summed E-state index contributed by atoms with van der Waals surface area (Å²) < 4.78 is 4.09. The van der Waals surface area contributed by atoms with Gasteiger partial charge >= 0.3 is 0 Å². The number of aromatic amines is 1. The summed E-state index contributed by atoms with van der Waals surface area (Å²) in [5.41, 5.74) is 0.914. The Morgan fingerprint density at radius 2 is 2.16 bits per heavy atom. The quantitative estimate of drug-likeness (QED) is 0.738. The molecule has 0 radical (unpaired) electrons. The maximum atomic E-state index is 12.5. The lowest BCUT2D eigenvalue weighted by Crippen LogP contribution is -2.21. The first-order valence-electron chi connectivity index (χ1n) is 6.36. The number of aromatic nitrogens is 2. The zero-order valence-corrected chi connectivity index (χ0v) is 12.2. The van der Waals surface area contributed by atoms with Crippen LogP contribution in [0.4, 0.5) is 0 Å². The van der Waals surface area contributed by atoms with Crippen molar-refractivity contribution < 1.29 is 0 Å². The van der Waals surface area contributed by atoms with Gasteiger partial charge in [-0.05, 0) is 24.7 Å². The third-order valence-corrected chi connectivity index (χ3v) is 4.73. The van der Waals surface area contributed by atoms with E-state index in [1.165, 1.54) is 11.3 Å². The second-order valence-corrected chi connectivity index (χ2v) is 5.98. The minimum atomic E-state index is 0.0356. The van der Waals surface area contributed by atoms with E-state index in [0.717, 1.165) is 33.1 Å². The Bertz CT molecular complexity index is 857. The van der Waals surface area contributed by atoms with Crippen LogP contribution in [0, 0.1) is 4.77 Å². The van der Waals surface area contributed by atoms with Crippen molar-refractivity contribution in [1.82, 2.24) is 9.55 Å². The Morgan fingerprint density at radius 1 is 1.37 bits per heavy atom. The number of thiophene rings is 1. The fourth-order valence-corrected chi connectivity index (χ4v) is 3.61. The highest BCUT2D eigenvalue weighted by molar-refractivity contribution is 7.71. The van der Waals surface area contributed by atoms with E-state index in [9.17, 15) is 4.79 Å². The van der Waals surface area contributed by atoms with Crippen molar-refractivity contribution in [2.45, 2.75) is 26.3 Å². The maximum absolute atomic E-state index is 12.5. The van der Waals surface area contributed by atoms with Gasteiger partial charge in [0.25, 0.3) is 5.56 Å². The van der Waals surface area contributed by atoms with Gasteiger partial charge in [-0.1, -0.05) is 31.5 Å². The molecule has 0 bridgehead atoms. The molecule has 3 rings (SSSR count). The van der Waals surface area contributed by atoms with Crippen molar-refractivity contribution in [2.75, 3.05) is 0 Å². The molecule has 19 heavy (non-hydrogen) atoms. The minimum Gasteiger partial charge on any atom is -0.330 e. The fourth-order valence-electron chi connectivity index (χ4n) is 2.23. The SMILES string of the molecule is CCCCn1c(=S)[nH]c2c(sc3ccccc32)c1=O. The molecule has 0 aliphatic carbocycles. The number of unbranched alkanes of at least 4 members (excludes halogenated alkanes) is 1. The van der Waals surface area contributed by atoms with E-state index in [-0.39, 0.29) is 5.56 Å². The third-order valence-electron chi connectivity index (χ3n) is 3.25. The van der Waals surface area contributed by atoms with Crippen LogP contribution >= 0.6 is 23.6 Å². The molecule has 2 heterocycles. The van der Waals surface area contributed by atoms with Gasteiger partial charge < -0.3 is 4.98 Å². The number of rotatable bonds is 3. The normalized spacial score (nSPS) is 11.4. The van der Waals surface area contributed by atoms with Crippen LogP contribution in [-0.4, -0.2) is 9.55 Å². The molecule has 98 valence electrons. The summed E-state index contributed by atoms with van der Waals surface area (Å²) in [7, 11) is 0. The molecule has 0 fully saturated rings. The van der Waals surface area contributed by atoms with Crippen LogP contribution < -0.4 is 5.56 Å². The van der Waals surface area contributed by atoms with Gasteiger partial charge in [-0.2, -0.15) is 0 Å². The molecule has 0 aliphatic rings. The lowest BCUT2D eigenvalue weighted by atomic mass is 10.2. The molecule has 5 heteroatoms. The van der Waals surface area contributed by atoms with E-state index in [0.29, 0.717) is 11.3 Å². The van der Waals surface area contributed by atoms with Crippen LogP contribution in [0.15, 0.2) is 29.1 Å². The zero-order valence-electron chi connectivity index (χ0n) is 10.6. The molecule has 1 N–H and O–H groups in total. The lowest BCUT2D eigenvalue weighted by Gasteiger charge is -2.04. The number of benzene rings is 1. The first kappa shape index (κ1) is 12.6. The highest BCUT2D eigenvalue weighted by Crippen LogP contribution is 2.29. The zero-order chi connectivity index (χ0) is 13.4. The predicted octanol–water partition coefficient (Wildman–Crippen LogP) is 4.07. The summed E-state index contributed by atoms with van der Waals surface area (Å²) in [5, 5.41) is 1.08. The van der Waals surface area contributed by atoms with E-state index >= 15 is 0 Å². The van der Waals surface area contributed by atoms with E-state index in [1.54, 1.807) is 4.57 Å². The molecule has 0 saturated heterocycles. The van der Waals surface area contributed by atoms with Gasteiger partial charge in [-0.15, -0.1) is 11.3 Å². The molecule has 3 nitrogen and oxygen atoms in total. The highest BCUT2D eigenvalue weighted by Gasteiger charge is 2.11. The topological polar surface area (TPSA) is 37.8 Å². The molecule has 0 aliphatic heterocycles. The third kappa shape index (κ3) is 2.03. The van der Waals surface area contributed by atoms with E-state index in [2.05, 4.69) is 11.9 Å². The minimum absolute atomic E-state index is 0.0356. The van der Waals surface area contributed by atoms with Crippen molar-refractivity contribution in [2.24, 2.45) is 0 Å². The number of nitrogens with zero attached hydrogens (tertiary/aromatic N) is 1. The van der Waals surface area contributed by atoms with Gasteiger partial charge in [-0.25, -0.2) is 0 Å². The van der Waals surface area contributed by atoms with E-state index < -0.39 is 0 Å². The molecular weight excluding hydrogens is 276 g/mol.